The summed E-state index contributed by atoms with van der Waals surface area (Å²) >= 11 is 2.87. The third-order valence-electron chi connectivity index (χ3n) is 5.34. The maximum Gasteiger partial charge on any atom is 0.291 e. The van der Waals surface area contributed by atoms with E-state index in [0.717, 1.165) is 33.1 Å². The third-order valence-corrected chi connectivity index (χ3v) is 7.16. The van der Waals surface area contributed by atoms with E-state index in [9.17, 15) is 4.79 Å². The summed E-state index contributed by atoms with van der Waals surface area (Å²) in [6, 6.07) is 21.5. The zero-order valence-electron chi connectivity index (χ0n) is 18.0. The number of rotatable bonds is 5. The lowest BCUT2D eigenvalue weighted by Gasteiger charge is -2.02. The molecule has 0 aliphatic heterocycles. The van der Waals surface area contributed by atoms with Crippen LogP contribution in [0.2, 0.25) is 0 Å². The molecule has 9 heteroatoms. The zero-order valence-corrected chi connectivity index (χ0v) is 19.6. The summed E-state index contributed by atoms with van der Waals surface area (Å²) in [4.78, 5) is 19.2. The van der Waals surface area contributed by atoms with E-state index in [4.69, 9.17) is 9.84 Å². The Morgan fingerprint density at radius 2 is 1.79 bits per heavy atom. The minimum Gasteiger partial charge on any atom is -0.497 e. The molecule has 0 aliphatic rings. The molecular weight excluding hydrogens is 466 g/mol. The van der Waals surface area contributed by atoms with E-state index in [1.54, 1.807) is 18.4 Å². The summed E-state index contributed by atoms with van der Waals surface area (Å²) in [5.41, 5.74) is 3.26. The van der Waals surface area contributed by atoms with E-state index < -0.39 is 0 Å². The average molecular weight is 484 g/mol. The van der Waals surface area contributed by atoms with Crippen LogP contribution in [-0.2, 0) is 0 Å². The van der Waals surface area contributed by atoms with Crippen LogP contribution in [-0.4, -0.2) is 31.5 Å². The predicted molar refractivity (Wildman–Crippen MR) is 135 cm³/mol. The molecule has 6 rings (SSSR count). The number of thiophene rings is 1. The lowest BCUT2D eigenvalue weighted by molar-refractivity contribution is 0.415. The number of benzene rings is 2. The normalized spacial score (nSPS) is 12.0. The molecule has 0 saturated carbocycles. The Hall–Kier alpha value is -4.08. The first kappa shape index (κ1) is 20.5. The number of para-hydroxylation sites is 1. The van der Waals surface area contributed by atoms with Crippen LogP contribution in [0.4, 0.5) is 0 Å². The number of thiazole rings is 1. The first-order chi connectivity index (χ1) is 16.7. The topological polar surface area (TPSA) is 74.3 Å². The molecule has 34 heavy (non-hydrogen) atoms. The Labute approximate surface area is 201 Å². The van der Waals surface area contributed by atoms with Gasteiger partial charge in [-0.25, -0.2) is 4.68 Å². The van der Waals surface area contributed by atoms with Gasteiger partial charge in [-0.1, -0.05) is 35.6 Å². The second-order valence-corrected chi connectivity index (χ2v) is 9.42. The second kappa shape index (κ2) is 8.36. The van der Waals surface area contributed by atoms with Crippen molar-refractivity contribution in [3.63, 3.8) is 0 Å². The Morgan fingerprint density at radius 3 is 2.50 bits per heavy atom. The summed E-state index contributed by atoms with van der Waals surface area (Å²) < 4.78 is 9.04. The van der Waals surface area contributed by atoms with E-state index in [2.05, 4.69) is 10.1 Å². The Bertz CT molecular complexity index is 1700. The minimum atomic E-state index is -0.191. The summed E-state index contributed by atoms with van der Waals surface area (Å²) in [5, 5.41) is 11.2. The molecule has 4 aromatic heterocycles. The van der Waals surface area contributed by atoms with Gasteiger partial charge in [-0.05, 0) is 53.9 Å². The quantitative estimate of drug-likeness (QED) is 0.366. The Balaban J connectivity index is 1.49. The molecule has 0 atom stereocenters. The van der Waals surface area contributed by atoms with Crippen molar-refractivity contribution in [1.29, 1.82) is 0 Å². The van der Waals surface area contributed by atoms with Crippen molar-refractivity contribution in [3.05, 3.63) is 98.8 Å². The second-order valence-electron chi connectivity index (χ2n) is 7.46. The largest absolute Gasteiger partial charge is 0.497 e. The van der Waals surface area contributed by atoms with Crippen molar-refractivity contribution < 1.29 is 4.74 Å². The smallest absolute Gasteiger partial charge is 0.291 e. The number of methoxy groups -OCH3 is 1. The van der Waals surface area contributed by atoms with Gasteiger partial charge in [0.2, 0.25) is 4.96 Å². The number of nitrogens with zero attached hydrogens (tertiary/aromatic N) is 5. The van der Waals surface area contributed by atoms with Crippen LogP contribution in [0.5, 0.6) is 5.75 Å². The van der Waals surface area contributed by atoms with Crippen LogP contribution >= 0.6 is 22.7 Å². The van der Waals surface area contributed by atoms with Crippen LogP contribution in [0, 0.1) is 0 Å². The highest BCUT2D eigenvalue weighted by molar-refractivity contribution is 7.15. The van der Waals surface area contributed by atoms with Crippen molar-refractivity contribution in [1.82, 2.24) is 24.4 Å². The van der Waals surface area contributed by atoms with E-state index in [-0.39, 0.29) is 5.56 Å². The fraction of sp³-hybridized carbons (Fsp3) is 0.0400. The molecule has 4 heterocycles. The molecule has 0 unspecified atom stereocenters. The van der Waals surface area contributed by atoms with Crippen molar-refractivity contribution in [2.24, 2.45) is 0 Å². The maximum atomic E-state index is 13.1. The summed E-state index contributed by atoms with van der Waals surface area (Å²) in [6.45, 7) is 0. The number of aromatic nitrogens is 5. The highest BCUT2D eigenvalue weighted by Gasteiger charge is 2.15. The van der Waals surface area contributed by atoms with Crippen LogP contribution in [0.3, 0.4) is 0 Å². The van der Waals surface area contributed by atoms with Gasteiger partial charge >= 0.3 is 0 Å². The summed E-state index contributed by atoms with van der Waals surface area (Å²) in [5.74, 6) is 1.34. The molecule has 6 aromatic rings. The van der Waals surface area contributed by atoms with Crippen molar-refractivity contribution in [2.45, 2.75) is 0 Å². The van der Waals surface area contributed by atoms with E-state index in [1.807, 2.05) is 89.1 Å². The molecule has 7 nitrogen and oxygen atoms in total. The molecule has 0 N–H and O–H groups in total. The van der Waals surface area contributed by atoms with Gasteiger partial charge in [0.1, 0.15) is 11.4 Å². The van der Waals surface area contributed by atoms with Gasteiger partial charge in [-0.3, -0.25) is 4.79 Å². The van der Waals surface area contributed by atoms with Crippen molar-refractivity contribution in [3.8, 4) is 33.4 Å². The average Bonchev–Trinajstić information content (AvgIpc) is 3.66. The molecule has 0 amide bonds. The van der Waals surface area contributed by atoms with E-state index in [0.29, 0.717) is 15.3 Å². The maximum absolute atomic E-state index is 13.1. The van der Waals surface area contributed by atoms with Gasteiger partial charge in [-0.2, -0.15) is 14.6 Å². The zero-order chi connectivity index (χ0) is 23.1. The third kappa shape index (κ3) is 3.60. The number of hydrogen-bond donors (Lipinski definition) is 0. The highest BCUT2D eigenvalue weighted by Crippen LogP contribution is 2.27. The molecule has 2 aromatic carbocycles. The van der Waals surface area contributed by atoms with Gasteiger partial charge in [0.15, 0.2) is 5.82 Å². The van der Waals surface area contributed by atoms with Gasteiger partial charge in [-0.15, -0.1) is 16.4 Å². The van der Waals surface area contributed by atoms with Crippen LogP contribution in [0.25, 0.3) is 38.7 Å². The van der Waals surface area contributed by atoms with Crippen molar-refractivity contribution >= 4 is 33.7 Å². The molecule has 0 aliphatic carbocycles. The standard InChI is InChI=1S/C25H17N5O2S2/c1-32-19-11-9-16(10-12-19)22-17(15-29(27-22)18-6-3-2-4-7-18)14-21-24(31)30-25(34-21)26-23(28-30)20-8-5-13-33-20/h2-15H,1H3. The Kier molecular flexibility index (Phi) is 5.05. The molecular formula is C25H17N5O2S2. The number of fused-ring (bicyclic) bond motifs is 1. The van der Waals surface area contributed by atoms with Crippen molar-refractivity contribution in [2.75, 3.05) is 7.11 Å². The van der Waals surface area contributed by atoms with Crippen LogP contribution in [0.15, 0.2) is 83.1 Å². The molecule has 0 fully saturated rings. The summed E-state index contributed by atoms with van der Waals surface area (Å²) in [6.07, 6.45) is 3.79. The van der Waals surface area contributed by atoms with Gasteiger partial charge in [0.25, 0.3) is 5.56 Å². The highest BCUT2D eigenvalue weighted by atomic mass is 32.1. The first-order valence-electron chi connectivity index (χ1n) is 10.4. The summed E-state index contributed by atoms with van der Waals surface area (Å²) in [7, 11) is 1.64. The van der Waals surface area contributed by atoms with Gasteiger partial charge in [0, 0.05) is 17.3 Å². The lowest BCUT2D eigenvalue weighted by atomic mass is 10.1. The van der Waals surface area contributed by atoms with Crippen LogP contribution in [0.1, 0.15) is 5.56 Å². The SMILES string of the molecule is COc1ccc(-c2nn(-c3ccccc3)cc2C=c2sc3nc(-c4cccs4)nn3c2=O)cc1. The minimum absolute atomic E-state index is 0.191. The van der Waals surface area contributed by atoms with E-state index >= 15 is 0 Å². The number of ether oxygens (including phenoxy) is 1. The predicted octanol–water partition coefficient (Wildman–Crippen LogP) is 4.29. The fourth-order valence-electron chi connectivity index (χ4n) is 3.66. The fourth-order valence-corrected chi connectivity index (χ4v) is 5.22. The van der Waals surface area contributed by atoms with Gasteiger partial charge in [0.05, 0.1) is 22.2 Å². The van der Waals surface area contributed by atoms with Crippen LogP contribution < -0.4 is 14.8 Å². The number of hydrogen-bond acceptors (Lipinski definition) is 7. The molecule has 166 valence electrons. The molecule has 0 radical (unpaired) electrons. The Morgan fingerprint density at radius 1 is 0.971 bits per heavy atom. The van der Waals surface area contributed by atoms with E-state index in [1.165, 1.54) is 15.9 Å². The molecule has 0 spiro atoms. The lowest BCUT2D eigenvalue weighted by Crippen LogP contribution is -2.23. The first-order valence-corrected chi connectivity index (χ1v) is 12.1. The molecule has 0 bridgehead atoms. The monoisotopic (exact) mass is 483 g/mol. The molecule has 0 saturated heterocycles. The van der Waals surface area contributed by atoms with Gasteiger partial charge < -0.3 is 4.74 Å².